The molecule has 0 saturated carbocycles. The van der Waals surface area contributed by atoms with Gasteiger partial charge in [0.1, 0.15) is 11.3 Å². The molecular formula is C18H15ClF2N2O5. The molecule has 0 aliphatic carbocycles. The minimum absolute atomic E-state index is 0.0256. The second kappa shape index (κ2) is 9.65. The number of hydrogen-bond acceptors (Lipinski definition) is 5. The van der Waals surface area contributed by atoms with Gasteiger partial charge in [0, 0.05) is 16.8 Å². The van der Waals surface area contributed by atoms with E-state index in [9.17, 15) is 23.2 Å². The SMILES string of the molecule is COc1ccc(Cl)cc1C(=O)OCC(=O)NCC(=O)Nc1ccc(F)c(F)c1. The highest BCUT2D eigenvalue weighted by atomic mass is 35.5. The number of ether oxygens (including phenoxy) is 2. The number of benzene rings is 2. The van der Waals surface area contributed by atoms with Crippen LogP contribution in [0.1, 0.15) is 10.4 Å². The normalized spacial score (nSPS) is 10.1. The van der Waals surface area contributed by atoms with E-state index in [4.69, 9.17) is 21.1 Å². The van der Waals surface area contributed by atoms with E-state index in [1.54, 1.807) is 0 Å². The Morgan fingerprint density at radius 3 is 2.46 bits per heavy atom. The van der Waals surface area contributed by atoms with E-state index >= 15 is 0 Å². The molecule has 2 aromatic carbocycles. The topological polar surface area (TPSA) is 93.7 Å². The van der Waals surface area contributed by atoms with Crippen LogP contribution in [-0.4, -0.2) is 38.0 Å². The standard InChI is InChI=1S/C18H15ClF2N2O5/c1-27-15-5-2-10(19)6-12(15)18(26)28-9-17(25)22-8-16(24)23-11-3-4-13(20)14(21)7-11/h2-7H,8-9H2,1H3,(H,22,25)(H,23,24). The van der Waals surface area contributed by atoms with Gasteiger partial charge in [0.15, 0.2) is 18.2 Å². The van der Waals surface area contributed by atoms with Gasteiger partial charge in [-0.05, 0) is 30.3 Å². The average molecular weight is 413 g/mol. The lowest BCUT2D eigenvalue weighted by molar-refractivity contribution is -0.126. The zero-order valence-electron chi connectivity index (χ0n) is 14.6. The summed E-state index contributed by atoms with van der Waals surface area (Å²) in [6.07, 6.45) is 0. The molecule has 0 aromatic heterocycles. The van der Waals surface area contributed by atoms with Gasteiger partial charge >= 0.3 is 5.97 Å². The highest BCUT2D eigenvalue weighted by molar-refractivity contribution is 6.31. The molecule has 0 atom stereocenters. The summed E-state index contributed by atoms with van der Waals surface area (Å²) in [7, 11) is 1.36. The van der Waals surface area contributed by atoms with Crippen LogP contribution in [-0.2, 0) is 14.3 Å². The zero-order valence-corrected chi connectivity index (χ0v) is 15.3. The number of amides is 2. The molecule has 0 unspecified atom stereocenters. The molecule has 2 rings (SSSR count). The zero-order chi connectivity index (χ0) is 20.7. The van der Waals surface area contributed by atoms with Crippen LogP contribution in [0.15, 0.2) is 36.4 Å². The second-order valence-corrected chi connectivity index (χ2v) is 5.81. The molecule has 10 heteroatoms. The molecule has 148 valence electrons. The van der Waals surface area contributed by atoms with E-state index in [1.807, 2.05) is 0 Å². The lowest BCUT2D eigenvalue weighted by Crippen LogP contribution is -2.35. The molecule has 28 heavy (non-hydrogen) atoms. The van der Waals surface area contributed by atoms with Crippen molar-refractivity contribution in [1.29, 1.82) is 0 Å². The Morgan fingerprint density at radius 1 is 1.04 bits per heavy atom. The molecule has 2 amide bonds. The van der Waals surface area contributed by atoms with Gasteiger partial charge in [0.25, 0.3) is 5.91 Å². The van der Waals surface area contributed by atoms with Crippen molar-refractivity contribution in [1.82, 2.24) is 5.32 Å². The smallest absolute Gasteiger partial charge is 0.342 e. The maximum Gasteiger partial charge on any atom is 0.342 e. The van der Waals surface area contributed by atoms with Crippen LogP contribution in [0.5, 0.6) is 5.75 Å². The third kappa shape index (κ3) is 5.92. The molecule has 0 aliphatic rings. The Balaban J connectivity index is 1.81. The van der Waals surface area contributed by atoms with Crippen LogP contribution >= 0.6 is 11.6 Å². The average Bonchev–Trinajstić information content (AvgIpc) is 2.67. The first kappa shape index (κ1) is 21.1. The van der Waals surface area contributed by atoms with Crippen LogP contribution in [0.25, 0.3) is 0 Å². The fourth-order valence-corrected chi connectivity index (χ4v) is 2.23. The van der Waals surface area contributed by atoms with Gasteiger partial charge < -0.3 is 20.1 Å². The summed E-state index contributed by atoms with van der Waals surface area (Å²) in [6, 6.07) is 7.15. The Kier molecular flexibility index (Phi) is 7.28. The highest BCUT2D eigenvalue weighted by Gasteiger charge is 2.16. The summed E-state index contributed by atoms with van der Waals surface area (Å²) in [4.78, 5) is 35.5. The third-order valence-electron chi connectivity index (χ3n) is 3.37. The van der Waals surface area contributed by atoms with Crippen molar-refractivity contribution in [2.24, 2.45) is 0 Å². The van der Waals surface area contributed by atoms with Crippen molar-refractivity contribution in [2.45, 2.75) is 0 Å². The molecule has 0 heterocycles. The van der Waals surface area contributed by atoms with Crippen molar-refractivity contribution in [2.75, 3.05) is 25.6 Å². The van der Waals surface area contributed by atoms with Gasteiger partial charge in [0.2, 0.25) is 5.91 Å². The molecule has 0 spiro atoms. The van der Waals surface area contributed by atoms with Crippen molar-refractivity contribution < 1.29 is 32.6 Å². The van der Waals surface area contributed by atoms with Crippen molar-refractivity contribution in [3.63, 3.8) is 0 Å². The van der Waals surface area contributed by atoms with Crippen LogP contribution in [0, 0.1) is 11.6 Å². The largest absolute Gasteiger partial charge is 0.496 e. The molecule has 0 bridgehead atoms. The number of anilines is 1. The number of carbonyl (C=O) groups is 3. The molecule has 0 radical (unpaired) electrons. The summed E-state index contributed by atoms with van der Waals surface area (Å²) in [5.41, 5.74) is 0.0662. The maximum absolute atomic E-state index is 13.1. The molecular weight excluding hydrogens is 398 g/mol. The number of nitrogens with one attached hydrogen (secondary N) is 2. The van der Waals surface area contributed by atoms with Crippen LogP contribution in [0.4, 0.5) is 14.5 Å². The predicted octanol–water partition coefficient (Wildman–Crippen LogP) is 2.54. The highest BCUT2D eigenvalue weighted by Crippen LogP contribution is 2.23. The number of esters is 1. The Hall–Kier alpha value is -3.20. The summed E-state index contributed by atoms with van der Waals surface area (Å²) >= 11 is 5.82. The van der Waals surface area contributed by atoms with Crippen molar-refractivity contribution in [3.05, 3.63) is 58.6 Å². The number of hydrogen-bond donors (Lipinski definition) is 2. The van der Waals surface area contributed by atoms with E-state index < -0.39 is 42.6 Å². The number of rotatable bonds is 7. The second-order valence-electron chi connectivity index (χ2n) is 5.37. The number of carbonyl (C=O) groups excluding carboxylic acids is 3. The lowest BCUT2D eigenvalue weighted by atomic mass is 10.2. The minimum Gasteiger partial charge on any atom is -0.496 e. The number of halogens is 3. The minimum atomic E-state index is -1.12. The Morgan fingerprint density at radius 2 is 1.79 bits per heavy atom. The fourth-order valence-electron chi connectivity index (χ4n) is 2.06. The fraction of sp³-hybridized carbons (Fsp3) is 0.167. The number of methoxy groups -OCH3 is 1. The maximum atomic E-state index is 13.1. The van der Waals surface area contributed by atoms with E-state index in [2.05, 4.69) is 10.6 Å². The molecule has 0 saturated heterocycles. The first-order valence-corrected chi connectivity index (χ1v) is 8.20. The van der Waals surface area contributed by atoms with Crippen molar-refractivity contribution in [3.8, 4) is 5.75 Å². The lowest BCUT2D eigenvalue weighted by Gasteiger charge is -2.10. The first-order valence-electron chi connectivity index (χ1n) is 7.82. The van der Waals surface area contributed by atoms with Gasteiger partial charge in [-0.3, -0.25) is 9.59 Å². The quantitative estimate of drug-likeness (QED) is 0.682. The van der Waals surface area contributed by atoms with Gasteiger partial charge in [-0.25, -0.2) is 13.6 Å². The van der Waals surface area contributed by atoms with Gasteiger partial charge in [0.05, 0.1) is 13.7 Å². The molecule has 7 nitrogen and oxygen atoms in total. The van der Waals surface area contributed by atoms with E-state index in [-0.39, 0.29) is 22.0 Å². The Bertz CT molecular complexity index is 908. The van der Waals surface area contributed by atoms with Crippen LogP contribution in [0.3, 0.4) is 0 Å². The van der Waals surface area contributed by atoms with E-state index in [0.29, 0.717) is 0 Å². The van der Waals surface area contributed by atoms with E-state index in [0.717, 1.165) is 18.2 Å². The predicted molar refractivity (Wildman–Crippen MR) is 96.3 cm³/mol. The van der Waals surface area contributed by atoms with Crippen LogP contribution in [0.2, 0.25) is 5.02 Å². The van der Waals surface area contributed by atoms with Gasteiger partial charge in [-0.1, -0.05) is 11.6 Å². The third-order valence-corrected chi connectivity index (χ3v) is 3.60. The van der Waals surface area contributed by atoms with Crippen molar-refractivity contribution >= 4 is 35.1 Å². The Labute approximate surface area is 163 Å². The van der Waals surface area contributed by atoms with Gasteiger partial charge in [-0.15, -0.1) is 0 Å². The van der Waals surface area contributed by atoms with Gasteiger partial charge in [-0.2, -0.15) is 0 Å². The monoisotopic (exact) mass is 412 g/mol. The summed E-state index contributed by atoms with van der Waals surface area (Å²) < 4.78 is 35.8. The first-order chi connectivity index (χ1) is 13.3. The molecule has 0 aliphatic heterocycles. The molecule has 0 fully saturated rings. The van der Waals surface area contributed by atoms with Crippen LogP contribution < -0.4 is 15.4 Å². The van der Waals surface area contributed by atoms with E-state index in [1.165, 1.54) is 25.3 Å². The molecule has 2 aromatic rings. The summed E-state index contributed by atoms with van der Waals surface area (Å²) in [5.74, 6) is -4.20. The summed E-state index contributed by atoms with van der Waals surface area (Å²) in [6.45, 7) is -1.11. The molecule has 2 N–H and O–H groups in total. The summed E-state index contributed by atoms with van der Waals surface area (Å²) in [5, 5.41) is 4.78.